The van der Waals surface area contributed by atoms with Crippen LogP contribution in [0.3, 0.4) is 0 Å². The minimum atomic E-state index is -1.16. The number of carboxylic acids is 1. The van der Waals surface area contributed by atoms with Crippen LogP contribution in [0.4, 0.5) is 5.13 Å². The van der Waals surface area contributed by atoms with E-state index in [0.717, 1.165) is 4.34 Å². The number of carbonyl (C=O) groups is 3. The lowest BCUT2D eigenvalue weighted by molar-refractivity contribution is -0.150. The van der Waals surface area contributed by atoms with E-state index in [2.05, 4.69) is 20.5 Å². The number of halogens is 1. The molecule has 0 radical (unpaired) electrons. The number of carboxylic acid groups (broad SMARTS) is 1. The van der Waals surface area contributed by atoms with Gasteiger partial charge in [0, 0.05) is 16.9 Å². The summed E-state index contributed by atoms with van der Waals surface area (Å²) in [6.45, 7) is 0. The number of aromatic nitrogens is 3. The third-order valence-electron chi connectivity index (χ3n) is 4.40. The molecule has 2 aromatic rings. The number of hydrogen-bond acceptors (Lipinski definition) is 11. The van der Waals surface area contributed by atoms with Crippen molar-refractivity contribution in [3.05, 3.63) is 31.9 Å². The summed E-state index contributed by atoms with van der Waals surface area (Å²) in [6, 6.07) is -0.813. The van der Waals surface area contributed by atoms with E-state index < -0.39 is 29.2 Å². The summed E-state index contributed by atoms with van der Waals surface area (Å²) in [6.07, 6.45) is 0. The zero-order valence-corrected chi connectivity index (χ0v) is 20.8. The number of nitrogen functional groups attached to an aromatic ring is 1. The summed E-state index contributed by atoms with van der Waals surface area (Å²) < 4.78 is 2.30. The van der Waals surface area contributed by atoms with E-state index in [1.165, 1.54) is 51.1 Å². The van der Waals surface area contributed by atoms with E-state index in [1.807, 2.05) is 22.6 Å². The quantitative estimate of drug-likeness (QED) is 0.184. The molecule has 0 bridgehead atoms. The van der Waals surface area contributed by atoms with Gasteiger partial charge in [-0.3, -0.25) is 14.5 Å². The maximum atomic E-state index is 12.8. The molecule has 2 aromatic heterocycles. The summed E-state index contributed by atoms with van der Waals surface area (Å²) in [5.41, 5.74) is 8.59. The van der Waals surface area contributed by atoms with Gasteiger partial charge in [0.05, 0.1) is 11.3 Å². The van der Waals surface area contributed by atoms with E-state index >= 15 is 0 Å². The Bertz CT molecular complexity index is 1100. The third kappa shape index (κ3) is 4.46. The van der Waals surface area contributed by atoms with Gasteiger partial charge in [-0.25, -0.2) is 9.78 Å². The third-order valence-corrected chi connectivity index (χ3v) is 8.98. The first-order valence-electron chi connectivity index (χ1n) is 8.52. The van der Waals surface area contributed by atoms with Gasteiger partial charge in [0.25, 0.3) is 11.8 Å². The Hall–Kier alpha value is -1.69. The summed E-state index contributed by atoms with van der Waals surface area (Å²) in [4.78, 5) is 42.8. The number of nitrogens with zero attached hydrogens (tertiary/aromatic N) is 4. The monoisotopic (exact) mass is 608 g/mol. The van der Waals surface area contributed by atoms with Crippen molar-refractivity contribution in [1.29, 1.82) is 0 Å². The Morgan fingerprint density at radius 3 is 2.87 bits per heavy atom. The van der Waals surface area contributed by atoms with E-state index in [0.29, 0.717) is 33.5 Å². The van der Waals surface area contributed by atoms with Crippen molar-refractivity contribution < 1.29 is 19.5 Å². The highest BCUT2D eigenvalue weighted by atomic mass is 127. The van der Waals surface area contributed by atoms with Crippen LogP contribution in [0, 0.1) is 0 Å². The SMILES string of the molecule is Nc1nc(C(=CI)C(=O)NC2C(=O)N3C(C(=O)O)=C(CSc4nncs4)CS[C@H]23)cs1. The average molecular weight is 608 g/mol. The zero-order valence-electron chi connectivity index (χ0n) is 15.4. The molecule has 15 heteroatoms. The Labute approximate surface area is 205 Å². The molecule has 1 saturated heterocycles. The van der Waals surface area contributed by atoms with E-state index in [1.54, 1.807) is 15.0 Å². The van der Waals surface area contributed by atoms with E-state index in [9.17, 15) is 19.5 Å². The predicted molar refractivity (Wildman–Crippen MR) is 129 cm³/mol. The number of carbonyl (C=O) groups excluding carboxylic acids is 2. The molecule has 2 amide bonds. The van der Waals surface area contributed by atoms with Gasteiger partial charge in [-0.2, -0.15) is 0 Å². The first-order chi connectivity index (χ1) is 14.9. The fourth-order valence-corrected chi connectivity index (χ4v) is 7.16. The number of aliphatic carboxylic acids is 1. The van der Waals surface area contributed by atoms with Crippen LogP contribution in [-0.4, -0.2) is 65.9 Å². The van der Waals surface area contributed by atoms with Crippen LogP contribution in [0.2, 0.25) is 0 Å². The molecule has 2 atom stereocenters. The van der Waals surface area contributed by atoms with E-state index in [-0.39, 0.29) is 5.70 Å². The van der Waals surface area contributed by atoms with E-state index in [4.69, 9.17) is 5.73 Å². The molecular weight excluding hydrogens is 595 g/mol. The van der Waals surface area contributed by atoms with Gasteiger partial charge in [0.2, 0.25) is 0 Å². The normalized spacial score (nSPS) is 21.0. The number of thiazole rings is 1. The summed E-state index contributed by atoms with van der Waals surface area (Å²) in [5.74, 6) is -1.25. The Balaban J connectivity index is 1.48. The van der Waals surface area contributed by atoms with Crippen molar-refractivity contribution in [2.45, 2.75) is 15.8 Å². The molecule has 1 fully saturated rings. The average Bonchev–Trinajstić information content (AvgIpc) is 3.42. The molecule has 10 nitrogen and oxygen atoms in total. The van der Waals surface area contributed by atoms with Gasteiger partial charge in [0.1, 0.15) is 22.6 Å². The van der Waals surface area contributed by atoms with Crippen LogP contribution in [-0.2, 0) is 14.4 Å². The number of nitrogens with two attached hydrogens (primary N) is 1. The standard InChI is InChI=1S/C16H13IN6O4S4/c17-1-7(8-4-29-15(18)20-8)11(24)21-9-12(25)23-10(14(26)27)6(2-28-13(9)23)3-30-16-22-19-5-31-16/h1,4-5,9,13H,2-3H2,(H2,18,20)(H,21,24)(H,26,27)/t9?,13-/m1/s1. The van der Waals surface area contributed by atoms with Crippen LogP contribution in [0.25, 0.3) is 5.57 Å². The first-order valence-corrected chi connectivity index (χ1v) is 13.6. The Morgan fingerprint density at radius 1 is 1.45 bits per heavy atom. The number of β-lactam (4-membered cyclic amide) rings is 1. The highest BCUT2D eigenvalue weighted by molar-refractivity contribution is 14.1. The smallest absolute Gasteiger partial charge is 0.352 e. The molecule has 162 valence electrons. The van der Waals surface area contributed by atoms with Gasteiger partial charge in [0.15, 0.2) is 9.47 Å². The predicted octanol–water partition coefficient (Wildman–Crippen LogP) is 1.88. The fraction of sp³-hybridized carbons (Fsp3) is 0.250. The van der Waals surface area contributed by atoms with Crippen molar-refractivity contribution in [2.75, 3.05) is 17.2 Å². The number of fused-ring (bicyclic) bond motifs is 1. The van der Waals surface area contributed by atoms with Crippen LogP contribution in [0.15, 0.2) is 30.6 Å². The largest absolute Gasteiger partial charge is 0.477 e. The van der Waals surface area contributed by atoms with Gasteiger partial charge in [-0.1, -0.05) is 45.7 Å². The van der Waals surface area contributed by atoms with Gasteiger partial charge in [-0.15, -0.1) is 33.3 Å². The highest BCUT2D eigenvalue weighted by Gasteiger charge is 2.54. The van der Waals surface area contributed by atoms with Crippen LogP contribution in [0.5, 0.6) is 0 Å². The number of thioether (sulfide) groups is 2. The molecule has 0 saturated carbocycles. The number of anilines is 1. The van der Waals surface area contributed by atoms with Crippen molar-refractivity contribution in [3.8, 4) is 0 Å². The molecule has 31 heavy (non-hydrogen) atoms. The van der Waals surface area contributed by atoms with Gasteiger partial charge < -0.3 is 16.2 Å². The van der Waals surface area contributed by atoms with Gasteiger partial charge in [-0.05, 0) is 9.66 Å². The molecule has 4 N–H and O–H groups in total. The molecule has 2 aliphatic rings. The Morgan fingerprint density at radius 2 is 2.26 bits per heavy atom. The summed E-state index contributed by atoms with van der Waals surface area (Å²) >= 11 is 7.31. The molecule has 0 spiro atoms. The lowest BCUT2D eigenvalue weighted by Gasteiger charge is -2.49. The second kappa shape index (κ2) is 9.43. The Kier molecular flexibility index (Phi) is 6.85. The maximum Gasteiger partial charge on any atom is 0.352 e. The minimum Gasteiger partial charge on any atom is -0.477 e. The van der Waals surface area contributed by atoms with Crippen LogP contribution in [0.1, 0.15) is 5.69 Å². The highest BCUT2D eigenvalue weighted by Crippen LogP contribution is 2.42. The molecular formula is C16H13IN6O4S4. The minimum absolute atomic E-state index is 0.0202. The van der Waals surface area contributed by atoms with Crippen LogP contribution >= 0.6 is 68.8 Å². The molecule has 0 aliphatic carbocycles. The molecule has 4 rings (SSSR count). The van der Waals surface area contributed by atoms with Gasteiger partial charge >= 0.3 is 5.97 Å². The van der Waals surface area contributed by atoms with Crippen molar-refractivity contribution in [2.24, 2.45) is 0 Å². The number of nitrogens with one attached hydrogen (secondary N) is 1. The fourth-order valence-electron chi connectivity index (χ4n) is 3.02. The second-order valence-electron chi connectivity index (χ2n) is 6.21. The zero-order chi connectivity index (χ0) is 22.1. The lowest BCUT2D eigenvalue weighted by Crippen LogP contribution is -2.70. The molecule has 2 aliphatic heterocycles. The molecule has 1 unspecified atom stereocenters. The summed E-state index contributed by atoms with van der Waals surface area (Å²) in [7, 11) is 0. The molecule has 0 aromatic carbocycles. The topological polar surface area (TPSA) is 151 Å². The van der Waals surface area contributed by atoms with Crippen molar-refractivity contribution in [3.63, 3.8) is 0 Å². The number of amides is 2. The second-order valence-corrected chi connectivity index (χ2v) is 10.9. The number of rotatable bonds is 7. The maximum absolute atomic E-state index is 12.8. The summed E-state index contributed by atoms with van der Waals surface area (Å²) in [5, 5.41) is 21.7. The molecule has 4 heterocycles. The van der Waals surface area contributed by atoms with Crippen molar-refractivity contribution >= 4 is 97.3 Å². The lowest BCUT2D eigenvalue weighted by atomic mass is 10.0. The van der Waals surface area contributed by atoms with Crippen molar-refractivity contribution in [1.82, 2.24) is 25.4 Å². The first kappa shape index (κ1) is 22.5. The number of hydrogen-bond donors (Lipinski definition) is 3. The van der Waals surface area contributed by atoms with Crippen LogP contribution < -0.4 is 11.1 Å².